The molecule has 0 spiro atoms. The average molecular weight is 453 g/mol. The summed E-state index contributed by atoms with van der Waals surface area (Å²) in [6.07, 6.45) is 0. The number of aromatic nitrogens is 1. The van der Waals surface area contributed by atoms with Crippen LogP contribution in [0.2, 0.25) is 10.0 Å². The number of halogens is 3. The molecule has 0 bridgehead atoms. The van der Waals surface area contributed by atoms with Crippen LogP contribution in [-0.4, -0.2) is 13.4 Å². The van der Waals surface area contributed by atoms with Crippen LogP contribution in [0, 0.1) is 5.82 Å². The van der Waals surface area contributed by atoms with E-state index in [9.17, 15) is 12.8 Å². The van der Waals surface area contributed by atoms with E-state index in [-0.39, 0.29) is 15.6 Å². The second kappa shape index (κ2) is 7.33. The van der Waals surface area contributed by atoms with Gasteiger partial charge in [0.1, 0.15) is 10.8 Å². The molecule has 0 amide bonds. The van der Waals surface area contributed by atoms with Gasteiger partial charge in [-0.1, -0.05) is 35.3 Å². The number of anilines is 1. The van der Waals surface area contributed by atoms with Gasteiger partial charge in [0.25, 0.3) is 10.0 Å². The van der Waals surface area contributed by atoms with Crippen molar-refractivity contribution in [1.82, 2.24) is 4.98 Å². The van der Waals surface area contributed by atoms with Gasteiger partial charge in [0, 0.05) is 5.56 Å². The molecule has 142 valence electrons. The van der Waals surface area contributed by atoms with Crippen molar-refractivity contribution in [2.24, 2.45) is 0 Å². The largest absolute Gasteiger partial charge is 0.280 e. The molecule has 0 aliphatic rings. The van der Waals surface area contributed by atoms with E-state index in [2.05, 4.69) is 9.71 Å². The van der Waals surface area contributed by atoms with Gasteiger partial charge in [0.05, 0.1) is 30.8 Å². The van der Waals surface area contributed by atoms with Gasteiger partial charge in [0.15, 0.2) is 0 Å². The van der Waals surface area contributed by atoms with Gasteiger partial charge >= 0.3 is 0 Å². The Morgan fingerprint density at radius 1 is 0.964 bits per heavy atom. The van der Waals surface area contributed by atoms with Crippen molar-refractivity contribution in [2.45, 2.75) is 4.90 Å². The highest BCUT2D eigenvalue weighted by Crippen LogP contribution is 2.36. The fourth-order valence-corrected chi connectivity index (χ4v) is 5.25. The lowest BCUT2D eigenvalue weighted by atomic mass is 10.2. The first kappa shape index (κ1) is 19.1. The fourth-order valence-electron chi connectivity index (χ4n) is 2.60. The number of hydrogen-bond acceptors (Lipinski definition) is 4. The minimum atomic E-state index is -3.94. The van der Waals surface area contributed by atoms with E-state index in [4.69, 9.17) is 23.2 Å². The quantitative estimate of drug-likeness (QED) is 0.400. The van der Waals surface area contributed by atoms with Crippen LogP contribution in [0.15, 0.2) is 65.6 Å². The third kappa shape index (κ3) is 3.71. The summed E-state index contributed by atoms with van der Waals surface area (Å²) in [4.78, 5) is 4.41. The molecule has 0 fully saturated rings. The molecule has 4 rings (SSSR count). The SMILES string of the molecule is O=S(=O)(Nc1ccc(-c2nc3ccccc3s2)c(Cl)c1)c1ccc(F)c(Cl)c1. The molecule has 0 saturated heterocycles. The molecular weight excluding hydrogens is 442 g/mol. The molecule has 3 aromatic carbocycles. The van der Waals surface area contributed by atoms with Crippen molar-refractivity contribution >= 4 is 60.5 Å². The van der Waals surface area contributed by atoms with E-state index in [1.54, 1.807) is 12.1 Å². The van der Waals surface area contributed by atoms with Crippen LogP contribution in [-0.2, 0) is 10.0 Å². The van der Waals surface area contributed by atoms with Gasteiger partial charge in [-0.3, -0.25) is 4.72 Å². The van der Waals surface area contributed by atoms with Crippen molar-refractivity contribution in [1.29, 1.82) is 0 Å². The van der Waals surface area contributed by atoms with E-state index in [1.807, 2.05) is 24.3 Å². The van der Waals surface area contributed by atoms with Gasteiger partial charge in [-0.2, -0.15) is 0 Å². The van der Waals surface area contributed by atoms with Gasteiger partial charge in [-0.15, -0.1) is 11.3 Å². The standard InChI is InChI=1S/C19H11Cl2FN2O2S2/c20-14-9-11(24-28(25,26)12-6-8-16(22)15(21)10-12)5-7-13(14)19-23-17-3-1-2-4-18(17)27-19/h1-10,24H. The predicted molar refractivity (Wildman–Crippen MR) is 112 cm³/mol. The molecule has 9 heteroatoms. The number of benzene rings is 3. The highest BCUT2D eigenvalue weighted by molar-refractivity contribution is 7.92. The molecule has 0 aliphatic carbocycles. The predicted octanol–water partition coefficient (Wildman–Crippen LogP) is 6.21. The summed E-state index contributed by atoms with van der Waals surface area (Å²) in [6.45, 7) is 0. The molecule has 1 aromatic heterocycles. The molecule has 1 heterocycles. The Balaban J connectivity index is 1.65. The van der Waals surface area contributed by atoms with Crippen molar-refractivity contribution in [3.05, 3.63) is 76.5 Å². The number of hydrogen-bond donors (Lipinski definition) is 1. The lowest BCUT2D eigenvalue weighted by molar-refractivity contribution is 0.599. The maximum absolute atomic E-state index is 13.3. The van der Waals surface area contributed by atoms with E-state index in [1.165, 1.54) is 17.4 Å². The molecule has 0 radical (unpaired) electrons. The molecular formula is C19H11Cl2FN2O2S2. The Hall–Kier alpha value is -2.19. The van der Waals surface area contributed by atoms with Crippen LogP contribution in [0.25, 0.3) is 20.8 Å². The van der Waals surface area contributed by atoms with Crippen molar-refractivity contribution in [2.75, 3.05) is 4.72 Å². The summed E-state index contributed by atoms with van der Waals surface area (Å²) < 4.78 is 41.7. The summed E-state index contributed by atoms with van der Waals surface area (Å²) in [5, 5.41) is 0.828. The third-order valence-corrected chi connectivity index (χ3v) is 7.00. The molecule has 4 nitrogen and oxygen atoms in total. The van der Waals surface area contributed by atoms with Crippen LogP contribution in [0.1, 0.15) is 0 Å². The van der Waals surface area contributed by atoms with Crippen LogP contribution in [0.5, 0.6) is 0 Å². The lowest BCUT2D eigenvalue weighted by Gasteiger charge is -2.10. The second-order valence-electron chi connectivity index (χ2n) is 5.86. The smallest absolute Gasteiger partial charge is 0.261 e. The van der Waals surface area contributed by atoms with Gasteiger partial charge in [-0.25, -0.2) is 17.8 Å². The number of thiazole rings is 1. The van der Waals surface area contributed by atoms with E-state index in [0.29, 0.717) is 10.6 Å². The number of nitrogens with one attached hydrogen (secondary N) is 1. The summed E-state index contributed by atoms with van der Waals surface area (Å²) in [7, 11) is -3.94. The Morgan fingerprint density at radius 2 is 1.75 bits per heavy atom. The monoisotopic (exact) mass is 452 g/mol. The first-order chi connectivity index (χ1) is 13.3. The number of fused-ring (bicyclic) bond motifs is 1. The van der Waals surface area contributed by atoms with Crippen LogP contribution in [0.3, 0.4) is 0 Å². The van der Waals surface area contributed by atoms with E-state index in [0.717, 1.165) is 33.4 Å². The Labute approximate surface area is 174 Å². The van der Waals surface area contributed by atoms with Crippen LogP contribution in [0.4, 0.5) is 10.1 Å². The zero-order valence-corrected chi connectivity index (χ0v) is 17.1. The maximum atomic E-state index is 13.3. The summed E-state index contributed by atoms with van der Waals surface area (Å²) in [6, 6.07) is 15.7. The third-order valence-electron chi connectivity index (χ3n) is 3.95. The van der Waals surface area contributed by atoms with Crippen molar-refractivity contribution in [3.8, 4) is 10.6 Å². The van der Waals surface area contributed by atoms with Gasteiger partial charge in [0.2, 0.25) is 0 Å². The number of nitrogens with zero attached hydrogens (tertiary/aromatic N) is 1. The molecule has 0 saturated carbocycles. The molecule has 0 unspecified atom stereocenters. The molecule has 1 N–H and O–H groups in total. The van der Waals surface area contributed by atoms with Crippen molar-refractivity contribution in [3.63, 3.8) is 0 Å². The fraction of sp³-hybridized carbons (Fsp3) is 0. The Kier molecular flexibility index (Phi) is 5.01. The van der Waals surface area contributed by atoms with Crippen molar-refractivity contribution < 1.29 is 12.8 Å². The summed E-state index contributed by atoms with van der Waals surface area (Å²) in [5.74, 6) is -0.691. The Morgan fingerprint density at radius 3 is 2.46 bits per heavy atom. The molecule has 0 aliphatic heterocycles. The Bertz CT molecular complexity index is 1270. The van der Waals surface area contributed by atoms with E-state index >= 15 is 0 Å². The number of sulfonamides is 1. The normalized spacial score (nSPS) is 11.7. The second-order valence-corrected chi connectivity index (χ2v) is 9.39. The lowest BCUT2D eigenvalue weighted by Crippen LogP contribution is -2.13. The number of para-hydroxylation sites is 1. The average Bonchev–Trinajstić information content (AvgIpc) is 3.07. The highest BCUT2D eigenvalue weighted by Gasteiger charge is 2.17. The maximum Gasteiger partial charge on any atom is 0.261 e. The van der Waals surface area contributed by atoms with Gasteiger partial charge < -0.3 is 0 Å². The zero-order valence-electron chi connectivity index (χ0n) is 14.0. The zero-order chi connectivity index (χ0) is 19.9. The molecule has 28 heavy (non-hydrogen) atoms. The highest BCUT2D eigenvalue weighted by atomic mass is 35.5. The van der Waals surface area contributed by atoms with E-state index < -0.39 is 15.8 Å². The first-order valence-electron chi connectivity index (χ1n) is 7.97. The number of rotatable bonds is 4. The molecule has 0 atom stereocenters. The minimum absolute atomic E-state index is 0.148. The van der Waals surface area contributed by atoms with Crippen LogP contribution < -0.4 is 4.72 Å². The topological polar surface area (TPSA) is 59.1 Å². The summed E-state index contributed by atoms with van der Waals surface area (Å²) in [5.41, 5.74) is 1.85. The minimum Gasteiger partial charge on any atom is -0.280 e. The van der Waals surface area contributed by atoms with Gasteiger partial charge in [-0.05, 0) is 48.5 Å². The molecule has 4 aromatic rings. The first-order valence-corrected chi connectivity index (χ1v) is 11.0. The summed E-state index contributed by atoms with van der Waals surface area (Å²) >= 11 is 13.5. The van der Waals surface area contributed by atoms with Crippen LogP contribution >= 0.6 is 34.5 Å².